The first-order chi connectivity index (χ1) is 17.0. The van der Waals surface area contributed by atoms with Crippen molar-refractivity contribution in [3.8, 4) is 5.75 Å². The van der Waals surface area contributed by atoms with E-state index in [0.717, 1.165) is 46.9 Å². The van der Waals surface area contributed by atoms with Crippen molar-refractivity contribution in [2.45, 2.75) is 19.4 Å². The maximum absolute atomic E-state index is 13.1. The molecule has 0 bridgehead atoms. The molecule has 0 saturated heterocycles. The van der Waals surface area contributed by atoms with E-state index in [9.17, 15) is 9.59 Å². The maximum atomic E-state index is 13.1. The maximum Gasteiger partial charge on any atom is 0.259 e. The topological polar surface area (TPSA) is 126 Å². The molecule has 2 aromatic heterocycles. The molecule has 8 nitrogen and oxygen atoms in total. The molecule has 1 aliphatic rings. The number of methoxy groups -OCH3 is 1. The molecular weight excluding hydrogens is 462 g/mol. The van der Waals surface area contributed by atoms with Crippen LogP contribution < -0.4 is 15.8 Å². The molecule has 2 aromatic carbocycles. The van der Waals surface area contributed by atoms with Crippen LogP contribution in [0.1, 0.15) is 24.0 Å². The zero-order valence-electron chi connectivity index (χ0n) is 19.2. The van der Waals surface area contributed by atoms with Crippen LogP contribution in [-0.4, -0.2) is 39.4 Å². The number of carbonyl (C=O) groups excluding carboxylic acids is 2. The summed E-state index contributed by atoms with van der Waals surface area (Å²) in [5.41, 5.74) is 9.41. The number of nitrogens with two attached hydrogens (primary N) is 1. The zero-order chi connectivity index (χ0) is 24.5. The number of hydrogen-bond acceptors (Lipinski definition) is 5. The highest BCUT2D eigenvalue weighted by Crippen LogP contribution is 2.39. The van der Waals surface area contributed by atoms with Crippen LogP contribution >= 0.6 is 11.8 Å². The normalized spacial score (nSPS) is 13.7. The summed E-state index contributed by atoms with van der Waals surface area (Å²) >= 11 is 1.34. The number of nitrogens with zero attached hydrogens (tertiary/aromatic N) is 1. The lowest BCUT2D eigenvalue weighted by Crippen LogP contribution is -2.22. The molecule has 0 unspecified atom stereocenters. The number of amidine groups is 1. The SMILES string of the molecule is COc1ccc2c(c1)c(C1=C(c3c[nH]c4ccccc34)C(=O)NC1=O)cn2CCCCSC(=N)N. The van der Waals surface area contributed by atoms with Crippen molar-refractivity contribution in [3.63, 3.8) is 0 Å². The number of benzene rings is 2. The lowest BCUT2D eigenvalue weighted by atomic mass is 9.95. The quantitative estimate of drug-likeness (QED) is 0.129. The van der Waals surface area contributed by atoms with Crippen LogP contribution in [0.3, 0.4) is 0 Å². The first-order valence-electron chi connectivity index (χ1n) is 11.3. The number of hydrogen-bond donors (Lipinski definition) is 4. The summed E-state index contributed by atoms with van der Waals surface area (Å²) in [7, 11) is 1.60. The minimum Gasteiger partial charge on any atom is -0.497 e. The van der Waals surface area contributed by atoms with Crippen LogP contribution in [0.15, 0.2) is 54.9 Å². The third-order valence-corrected chi connectivity index (χ3v) is 7.00. The molecule has 178 valence electrons. The summed E-state index contributed by atoms with van der Waals surface area (Å²) in [4.78, 5) is 29.3. The number of carbonyl (C=O) groups is 2. The van der Waals surface area contributed by atoms with Gasteiger partial charge >= 0.3 is 0 Å². The Labute approximate surface area is 206 Å². The number of unbranched alkanes of at least 4 members (excludes halogenated alkanes) is 1. The molecule has 5 rings (SSSR count). The molecule has 5 N–H and O–H groups in total. The average molecular weight is 488 g/mol. The number of ether oxygens (including phenoxy) is 1. The number of fused-ring (bicyclic) bond motifs is 2. The highest BCUT2D eigenvalue weighted by Gasteiger charge is 2.35. The fourth-order valence-electron chi connectivity index (χ4n) is 4.60. The average Bonchev–Trinajstić information content (AvgIpc) is 3.51. The van der Waals surface area contributed by atoms with E-state index in [-0.39, 0.29) is 5.17 Å². The van der Waals surface area contributed by atoms with Gasteiger partial charge in [-0.15, -0.1) is 0 Å². The summed E-state index contributed by atoms with van der Waals surface area (Å²) in [6.07, 6.45) is 5.52. The Morgan fingerprint density at radius 3 is 2.60 bits per heavy atom. The van der Waals surface area contributed by atoms with Crippen LogP contribution in [0.25, 0.3) is 33.0 Å². The van der Waals surface area contributed by atoms with Crippen LogP contribution in [0.4, 0.5) is 0 Å². The second-order valence-corrected chi connectivity index (χ2v) is 9.46. The summed E-state index contributed by atoms with van der Waals surface area (Å²) in [6, 6.07) is 13.5. The summed E-state index contributed by atoms with van der Waals surface area (Å²) in [6.45, 7) is 0.729. The molecule has 0 aliphatic carbocycles. The highest BCUT2D eigenvalue weighted by atomic mass is 32.2. The largest absolute Gasteiger partial charge is 0.497 e. The first-order valence-corrected chi connectivity index (χ1v) is 12.3. The number of rotatable bonds is 8. The van der Waals surface area contributed by atoms with Gasteiger partial charge in [-0.25, -0.2) is 0 Å². The van der Waals surface area contributed by atoms with E-state index < -0.39 is 11.8 Å². The standard InChI is InChI=1S/C26H25N5O3S/c1-34-15-8-9-21-17(12-15)19(14-31(21)10-4-5-11-35-26(27)28)23-22(24(32)30-25(23)33)18-13-29-20-7-3-2-6-16(18)20/h2-3,6-9,12-14,29H,4-5,10-11H2,1H3,(H3,27,28)(H,30,32,33). The number of aromatic amines is 1. The van der Waals surface area contributed by atoms with Gasteiger partial charge in [0.2, 0.25) is 0 Å². The lowest BCUT2D eigenvalue weighted by molar-refractivity contribution is -0.122. The van der Waals surface area contributed by atoms with E-state index in [2.05, 4.69) is 14.9 Å². The van der Waals surface area contributed by atoms with E-state index in [1.165, 1.54) is 11.8 Å². The van der Waals surface area contributed by atoms with Crippen LogP contribution in [0.2, 0.25) is 0 Å². The van der Waals surface area contributed by atoms with Gasteiger partial charge in [0.1, 0.15) is 5.75 Å². The van der Waals surface area contributed by atoms with Gasteiger partial charge in [0.05, 0.1) is 18.3 Å². The van der Waals surface area contributed by atoms with Gasteiger partial charge in [0, 0.05) is 57.6 Å². The number of amides is 2. The van der Waals surface area contributed by atoms with E-state index in [0.29, 0.717) is 28.0 Å². The molecule has 0 atom stereocenters. The van der Waals surface area contributed by atoms with Crippen molar-refractivity contribution in [2.24, 2.45) is 5.73 Å². The monoisotopic (exact) mass is 487 g/mol. The van der Waals surface area contributed by atoms with Gasteiger partial charge in [0.25, 0.3) is 11.8 Å². The molecule has 0 radical (unpaired) electrons. The Morgan fingerprint density at radius 2 is 1.83 bits per heavy atom. The minimum atomic E-state index is -0.407. The number of aromatic nitrogens is 2. The van der Waals surface area contributed by atoms with Crippen molar-refractivity contribution in [3.05, 3.63) is 66.0 Å². The van der Waals surface area contributed by atoms with Gasteiger partial charge in [-0.3, -0.25) is 20.3 Å². The minimum absolute atomic E-state index is 0.124. The number of thioether (sulfide) groups is 1. The van der Waals surface area contributed by atoms with E-state index in [1.54, 1.807) is 13.3 Å². The second-order valence-electron chi connectivity index (χ2n) is 8.32. The molecule has 0 saturated carbocycles. The molecule has 1 aliphatic heterocycles. The number of imide groups is 1. The number of para-hydroxylation sites is 1. The first kappa shape index (κ1) is 22.8. The Morgan fingerprint density at radius 1 is 1.06 bits per heavy atom. The molecule has 0 fully saturated rings. The van der Waals surface area contributed by atoms with Crippen LogP contribution in [-0.2, 0) is 16.1 Å². The summed E-state index contributed by atoms with van der Waals surface area (Å²) in [5, 5.41) is 11.7. The van der Waals surface area contributed by atoms with Crippen molar-refractivity contribution in [1.29, 1.82) is 5.41 Å². The third-order valence-electron chi connectivity index (χ3n) is 6.20. The number of nitrogens with one attached hydrogen (secondary N) is 3. The molecule has 2 amide bonds. The van der Waals surface area contributed by atoms with E-state index in [4.69, 9.17) is 15.9 Å². The fourth-order valence-corrected chi connectivity index (χ4v) is 5.17. The van der Waals surface area contributed by atoms with Crippen LogP contribution in [0.5, 0.6) is 5.75 Å². The Bertz CT molecular complexity index is 1510. The van der Waals surface area contributed by atoms with Crippen molar-refractivity contribution < 1.29 is 14.3 Å². The predicted octanol–water partition coefficient (Wildman–Crippen LogP) is 4.11. The van der Waals surface area contributed by atoms with Crippen molar-refractivity contribution in [2.75, 3.05) is 12.9 Å². The fraction of sp³-hybridized carbons (Fsp3) is 0.192. The number of aryl methyl sites for hydroxylation is 1. The van der Waals surface area contributed by atoms with Crippen molar-refractivity contribution in [1.82, 2.24) is 14.9 Å². The van der Waals surface area contributed by atoms with Gasteiger partial charge in [0.15, 0.2) is 5.17 Å². The summed E-state index contributed by atoms with van der Waals surface area (Å²) < 4.78 is 7.57. The second kappa shape index (κ2) is 9.34. The van der Waals surface area contributed by atoms with E-state index in [1.807, 2.05) is 48.7 Å². The van der Waals surface area contributed by atoms with E-state index >= 15 is 0 Å². The number of H-pyrrole nitrogens is 1. The molecule has 35 heavy (non-hydrogen) atoms. The van der Waals surface area contributed by atoms with Gasteiger partial charge in [-0.1, -0.05) is 30.0 Å². The third kappa shape index (κ3) is 4.19. The Balaban J connectivity index is 1.63. The van der Waals surface area contributed by atoms with Gasteiger partial charge in [-0.05, 0) is 37.1 Å². The molecule has 0 spiro atoms. The smallest absolute Gasteiger partial charge is 0.259 e. The molecule has 9 heteroatoms. The highest BCUT2D eigenvalue weighted by molar-refractivity contribution is 8.13. The Hall–Kier alpha value is -3.98. The van der Waals surface area contributed by atoms with Gasteiger partial charge < -0.3 is 20.0 Å². The molecule has 3 heterocycles. The lowest BCUT2D eigenvalue weighted by Gasteiger charge is -2.06. The molecular formula is C26H25N5O3S. The van der Waals surface area contributed by atoms with Crippen LogP contribution in [0, 0.1) is 5.41 Å². The van der Waals surface area contributed by atoms with Gasteiger partial charge in [-0.2, -0.15) is 0 Å². The predicted molar refractivity (Wildman–Crippen MR) is 140 cm³/mol. The Kier molecular flexibility index (Phi) is 6.08. The van der Waals surface area contributed by atoms with Crippen molar-refractivity contribution >= 4 is 61.7 Å². The summed E-state index contributed by atoms with van der Waals surface area (Å²) in [5.74, 6) is 0.644. The zero-order valence-corrected chi connectivity index (χ0v) is 20.0. The molecule has 4 aromatic rings.